The molecule has 1 fully saturated rings. The van der Waals surface area contributed by atoms with Gasteiger partial charge in [-0.1, -0.05) is 0 Å². The number of nitrogens with two attached hydrogens (primary N) is 1. The molecule has 4 N–H and O–H groups in total. The third-order valence-electron chi connectivity index (χ3n) is 2.42. The van der Waals surface area contributed by atoms with Crippen LogP contribution in [0.2, 0.25) is 0 Å². The fourth-order valence-electron chi connectivity index (χ4n) is 1.31. The lowest BCUT2D eigenvalue weighted by molar-refractivity contribution is 0.245. The number of urea groups is 1. The molecule has 1 aromatic rings. The molecule has 6 nitrogen and oxygen atoms in total. The summed E-state index contributed by atoms with van der Waals surface area (Å²) in [6, 6.07) is 2.18. The van der Waals surface area contributed by atoms with Gasteiger partial charge in [-0.05, 0) is 31.0 Å². The number of hydrogen-bond acceptors (Lipinski definition) is 4. The minimum Gasteiger partial charge on any atom is -0.396 e. The molecule has 98 valence electrons. The number of rotatable bonds is 3. The Kier molecular flexibility index (Phi) is 3.12. The molecular weight excluding hydrogens is 261 g/mol. The Labute approximate surface area is 103 Å². The summed E-state index contributed by atoms with van der Waals surface area (Å²) in [6.45, 7) is 0. The zero-order valence-electron chi connectivity index (χ0n) is 9.31. The van der Waals surface area contributed by atoms with Gasteiger partial charge in [0.05, 0.1) is 10.6 Å². The Morgan fingerprint density at radius 3 is 2.61 bits per heavy atom. The Morgan fingerprint density at radius 1 is 1.39 bits per heavy atom. The Bertz CT molecular complexity index is 584. The van der Waals surface area contributed by atoms with E-state index in [1.165, 1.54) is 0 Å². The predicted octanol–water partition coefficient (Wildman–Crippen LogP) is 0.558. The number of carbonyl (C=O) groups excluding carboxylic acids is 1. The summed E-state index contributed by atoms with van der Waals surface area (Å²) in [6.07, 6.45) is 1.69. The van der Waals surface area contributed by atoms with E-state index in [9.17, 15) is 17.6 Å². The number of nitrogens with one attached hydrogen (secondary N) is 2. The van der Waals surface area contributed by atoms with Crippen LogP contribution in [-0.2, 0) is 10.0 Å². The van der Waals surface area contributed by atoms with E-state index >= 15 is 0 Å². The smallest absolute Gasteiger partial charge is 0.328 e. The maximum atomic E-state index is 12.9. The van der Waals surface area contributed by atoms with Crippen molar-refractivity contribution < 1.29 is 17.6 Å². The van der Waals surface area contributed by atoms with Crippen molar-refractivity contribution in [2.24, 2.45) is 0 Å². The van der Waals surface area contributed by atoms with Crippen LogP contribution in [-0.4, -0.2) is 20.5 Å². The molecule has 0 radical (unpaired) electrons. The van der Waals surface area contributed by atoms with Crippen LogP contribution in [0.3, 0.4) is 0 Å². The van der Waals surface area contributed by atoms with Gasteiger partial charge in [0.25, 0.3) is 10.0 Å². The Hall–Kier alpha value is -1.83. The molecule has 0 bridgehead atoms. The summed E-state index contributed by atoms with van der Waals surface area (Å²) in [5, 5.41) is 2.47. The van der Waals surface area contributed by atoms with Crippen LogP contribution in [0.1, 0.15) is 12.8 Å². The highest BCUT2D eigenvalue weighted by Gasteiger charge is 2.26. The second kappa shape index (κ2) is 4.45. The van der Waals surface area contributed by atoms with Crippen LogP contribution in [0.25, 0.3) is 0 Å². The molecule has 2 amide bonds. The monoisotopic (exact) mass is 273 g/mol. The van der Waals surface area contributed by atoms with E-state index < -0.39 is 21.9 Å². The number of halogens is 1. The van der Waals surface area contributed by atoms with E-state index in [0.717, 1.165) is 31.0 Å². The van der Waals surface area contributed by atoms with Crippen molar-refractivity contribution in [3.63, 3.8) is 0 Å². The van der Waals surface area contributed by atoms with Gasteiger partial charge < -0.3 is 11.1 Å². The SMILES string of the molecule is Nc1cc(S(=O)(=O)NC(=O)NC2CC2)ccc1F. The molecule has 0 aromatic heterocycles. The predicted molar refractivity (Wildman–Crippen MR) is 62.7 cm³/mol. The zero-order valence-corrected chi connectivity index (χ0v) is 10.1. The highest BCUT2D eigenvalue weighted by atomic mass is 32.2. The molecule has 18 heavy (non-hydrogen) atoms. The number of carbonyl (C=O) groups is 1. The molecule has 1 aliphatic carbocycles. The van der Waals surface area contributed by atoms with E-state index in [0.29, 0.717) is 0 Å². The summed E-state index contributed by atoms with van der Waals surface area (Å²) in [5.74, 6) is -0.712. The van der Waals surface area contributed by atoms with E-state index in [1.54, 1.807) is 0 Å². The zero-order chi connectivity index (χ0) is 13.3. The van der Waals surface area contributed by atoms with Gasteiger partial charge in [-0.15, -0.1) is 0 Å². The summed E-state index contributed by atoms with van der Waals surface area (Å²) in [4.78, 5) is 11.1. The quantitative estimate of drug-likeness (QED) is 0.700. The maximum Gasteiger partial charge on any atom is 0.328 e. The van der Waals surface area contributed by atoms with Gasteiger partial charge in [-0.25, -0.2) is 22.3 Å². The van der Waals surface area contributed by atoms with Crippen molar-refractivity contribution in [1.29, 1.82) is 0 Å². The molecule has 0 saturated heterocycles. The lowest BCUT2D eigenvalue weighted by atomic mass is 10.3. The summed E-state index contributed by atoms with van der Waals surface area (Å²) < 4.78 is 38.3. The minimum absolute atomic E-state index is 0.0403. The molecule has 0 atom stereocenters. The number of benzene rings is 1. The van der Waals surface area contributed by atoms with Crippen molar-refractivity contribution in [3.05, 3.63) is 24.0 Å². The fraction of sp³-hybridized carbons (Fsp3) is 0.300. The standard InChI is InChI=1S/C10H12FN3O3S/c11-8-4-3-7(5-9(8)12)18(16,17)14-10(15)13-6-1-2-6/h3-6H,1-2,12H2,(H2,13,14,15). The van der Waals surface area contributed by atoms with Crippen LogP contribution < -0.4 is 15.8 Å². The third kappa shape index (κ3) is 2.89. The molecule has 0 heterocycles. The highest BCUT2D eigenvalue weighted by molar-refractivity contribution is 7.90. The largest absolute Gasteiger partial charge is 0.396 e. The molecule has 1 aromatic carbocycles. The van der Waals surface area contributed by atoms with E-state index in [2.05, 4.69) is 5.32 Å². The number of nitrogen functional groups attached to an aromatic ring is 1. The molecule has 1 saturated carbocycles. The van der Waals surface area contributed by atoms with Crippen molar-refractivity contribution in [3.8, 4) is 0 Å². The third-order valence-corrected chi connectivity index (χ3v) is 3.75. The normalized spacial score (nSPS) is 15.2. The highest BCUT2D eigenvalue weighted by Crippen LogP contribution is 2.19. The average Bonchev–Trinajstić information content (AvgIpc) is 3.04. The minimum atomic E-state index is -4.03. The first kappa shape index (κ1) is 12.6. The van der Waals surface area contributed by atoms with Crippen molar-refractivity contribution >= 4 is 21.7 Å². The number of amides is 2. The first-order valence-corrected chi connectivity index (χ1v) is 6.75. The van der Waals surface area contributed by atoms with Crippen LogP contribution in [0, 0.1) is 5.82 Å². The van der Waals surface area contributed by atoms with Crippen LogP contribution in [0.15, 0.2) is 23.1 Å². The summed E-state index contributed by atoms with van der Waals surface area (Å²) in [5.41, 5.74) is 4.98. The topological polar surface area (TPSA) is 101 Å². The first-order chi connectivity index (χ1) is 8.38. The average molecular weight is 273 g/mol. The lowest BCUT2D eigenvalue weighted by Gasteiger charge is -2.08. The van der Waals surface area contributed by atoms with Crippen molar-refractivity contribution in [2.45, 2.75) is 23.8 Å². The van der Waals surface area contributed by atoms with Crippen LogP contribution in [0.5, 0.6) is 0 Å². The second-order valence-corrected chi connectivity index (χ2v) is 5.72. The fourth-order valence-corrected chi connectivity index (χ4v) is 2.26. The molecule has 8 heteroatoms. The van der Waals surface area contributed by atoms with Gasteiger partial charge in [0.15, 0.2) is 0 Å². The maximum absolute atomic E-state index is 12.9. The Morgan fingerprint density at radius 2 is 2.06 bits per heavy atom. The molecule has 0 unspecified atom stereocenters. The van der Waals surface area contributed by atoms with Crippen molar-refractivity contribution in [2.75, 3.05) is 5.73 Å². The van der Waals surface area contributed by atoms with Gasteiger partial charge in [-0.3, -0.25) is 0 Å². The second-order valence-electron chi connectivity index (χ2n) is 4.04. The van der Waals surface area contributed by atoms with Gasteiger partial charge in [0, 0.05) is 6.04 Å². The molecule has 0 spiro atoms. The van der Waals surface area contributed by atoms with Gasteiger partial charge in [0.1, 0.15) is 5.82 Å². The molecule has 1 aliphatic rings. The van der Waals surface area contributed by atoms with Crippen LogP contribution in [0.4, 0.5) is 14.9 Å². The Balaban J connectivity index is 2.13. The summed E-state index contributed by atoms with van der Waals surface area (Å²) >= 11 is 0. The van der Waals surface area contributed by atoms with Gasteiger partial charge in [0.2, 0.25) is 0 Å². The van der Waals surface area contributed by atoms with E-state index in [4.69, 9.17) is 5.73 Å². The molecule has 2 rings (SSSR count). The van der Waals surface area contributed by atoms with Crippen molar-refractivity contribution in [1.82, 2.24) is 10.0 Å². The number of sulfonamides is 1. The first-order valence-electron chi connectivity index (χ1n) is 5.27. The van der Waals surface area contributed by atoms with E-state index in [-0.39, 0.29) is 16.6 Å². The van der Waals surface area contributed by atoms with Gasteiger partial charge >= 0.3 is 6.03 Å². The van der Waals surface area contributed by atoms with E-state index in [1.807, 2.05) is 4.72 Å². The van der Waals surface area contributed by atoms with Gasteiger partial charge in [-0.2, -0.15) is 0 Å². The number of hydrogen-bond donors (Lipinski definition) is 3. The molecule has 0 aliphatic heterocycles. The number of anilines is 1. The lowest BCUT2D eigenvalue weighted by Crippen LogP contribution is -2.40. The van der Waals surface area contributed by atoms with Crippen LogP contribution >= 0.6 is 0 Å². The molecular formula is C10H12FN3O3S. The summed E-state index contributed by atoms with van der Waals surface area (Å²) in [7, 11) is -4.03.